The zero-order chi connectivity index (χ0) is 15.2. The van der Waals surface area contributed by atoms with Gasteiger partial charge in [-0.1, -0.05) is 0 Å². The molecule has 2 N–H and O–H groups in total. The Hall–Kier alpha value is -2.89. The summed E-state index contributed by atoms with van der Waals surface area (Å²) in [5.74, 6) is 0.240. The maximum absolute atomic E-state index is 11.7. The van der Waals surface area contributed by atoms with E-state index in [1.165, 1.54) is 12.4 Å². The third-order valence-corrected chi connectivity index (χ3v) is 3.02. The minimum absolute atomic E-state index is 0.283. The summed E-state index contributed by atoms with van der Waals surface area (Å²) in [6, 6.07) is 1.95. The highest BCUT2D eigenvalue weighted by Gasteiger charge is 2.23. The summed E-state index contributed by atoms with van der Waals surface area (Å²) in [5.41, 5.74) is 5.21. The maximum atomic E-state index is 11.7. The Bertz CT molecular complexity index is 559. The van der Waals surface area contributed by atoms with Crippen molar-refractivity contribution < 1.29 is 14.3 Å². The summed E-state index contributed by atoms with van der Waals surface area (Å²) >= 11 is 0. The number of nitriles is 1. The van der Waals surface area contributed by atoms with Gasteiger partial charge in [0.15, 0.2) is 6.61 Å². The number of piperazine rings is 1. The molecule has 0 unspecified atom stereocenters. The maximum Gasteiger partial charge on any atom is 0.405 e. The molecule has 0 spiro atoms. The molecule has 1 aromatic rings. The Morgan fingerprint density at radius 3 is 2.43 bits per heavy atom. The van der Waals surface area contributed by atoms with E-state index >= 15 is 0 Å². The first-order valence-corrected chi connectivity index (χ1v) is 6.27. The average Bonchev–Trinajstić information content (AvgIpc) is 2.53. The fourth-order valence-electron chi connectivity index (χ4n) is 1.92. The number of hydrogen-bond donors (Lipinski definition) is 1. The molecule has 0 aromatic carbocycles. The van der Waals surface area contributed by atoms with Crippen molar-refractivity contribution in [3.8, 4) is 6.07 Å². The second-order valence-corrected chi connectivity index (χ2v) is 4.36. The van der Waals surface area contributed by atoms with Gasteiger partial charge in [0, 0.05) is 26.2 Å². The van der Waals surface area contributed by atoms with E-state index in [0.717, 1.165) is 0 Å². The van der Waals surface area contributed by atoms with Gasteiger partial charge in [-0.3, -0.25) is 4.79 Å². The number of carbonyl (C=O) groups excluding carboxylic acids is 2. The third kappa shape index (κ3) is 3.79. The van der Waals surface area contributed by atoms with Gasteiger partial charge in [0.25, 0.3) is 5.91 Å². The Balaban J connectivity index is 1.86. The van der Waals surface area contributed by atoms with E-state index in [1.807, 2.05) is 11.0 Å². The lowest BCUT2D eigenvalue weighted by atomic mass is 10.3. The molecule has 0 radical (unpaired) electrons. The van der Waals surface area contributed by atoms with E-state index in [-0.39, 0.29) is 12.5 Å². The number of anilines is 1. The van der Waals surface area contributed by atoms with Crippen molar-refractivity contribution in [1.29, 1.82) is 5.26 Å². The SMILES string of the molecule is N#Cc1cnc(N2CCN(C(=O)COC(N)=O)CC2)nc1. The highest BCUT2D eigenvalue weighted by Crippen LogP contribution is 2.10. The Morgan fingerprint density at radius 2 is 1.90 bits per heavy atom. The molecule has 1 aliphatic heterocycles. The van der Waals surface area contributed by atoms with Crippen LogP contribution in [0.25, 0.3) is 0 Å². The number of aromatic nitrogens is 2. The van der Waals surface area contributed by atoms with Crippen LogP contribution >= 0.6 is 0 Å². The monoisotopic (exact) mass is 290 g/mol. The fourth-order valence-corrected chi connectivity index (χ4v) is 1.92. The molecular formula is C12H14N6O3. The van der Waals surface area contributed by atoms with Gasteiger partial charge in [0.05, 0.1) is 18.0 Å². The van der Waals surface area contributed by atoms with E-state index in [0.29, 0.717) is 37.7 Å². The number of carbonyl (C=O) groups is 2. The first kappa shape index (κ1) is 14.5. The van der Waals surface area contributed by atoms with Crippen LogP contribution in [0.4, 0.5) is 10.7 Å². The molecule has 0 bridgehead atoms. The second kappa shape index (κ2) is 6.51. The Labute approximate surface area is 120 Å². The van der Waals surface area contributed by atoms with Gasteiger partial charge in [0.2, 0.25) is 5.95 Å². The molecule has 0 aliphatic carbocycles. The Kier molecular flexibility index (Phi) is 4.50. The number of ether oxygens (including phenoxy) is 1. The van der Waals surface area contributed by atoms with Gasteiger partial charge in [-0.15, -0.1) is 0 Å². The topological polar surface area (TPSA) is 125 Å². The first-order valence-electron chi connectivity index (χ1n) is 6.27. The van der Waals surface area contributed by atoms with Crippen molar-refractivity contribution in [3.05, 3.63) is 18.0 Å². The largest absolute Gasteiger partial charge is 0.440 e. The van der Waals surface area contributed by atoms with Crippen LogP contribution in [0, 0.1) is 11.3 Å². The standard InChI is InChI=1S/C12H14N6O3/c13-5-9-6-15-12(16-7-9)18-3-1-17(2-4-18)10(19)8-21-11(14)20/h6-7H,1-4,8H2,(H2,14,20). The number of nitrogens with zero attached hydrogens (tertiary/aromatic N) is 5. The Morgan fingerprint density at radius 1 is 1.29 bits per heavy atom. The minimum Gasteiger partial charge on any atom is -0.440 e. The van der Waals surface area contributed by atoms with E-state index in [9.17, 15) is 9.59 Å². The van der Waals surface area contributed by atoms with Gasteiger partial charge in [0.1, 0.15) is 6.07 Å². The average molecular weight is 290 g/mol. The molecule has 1 aromatic heterocycles. The van der Waals surface area contributed by atoms with Crippen LogP contribution in [0.15, 0.2) is 12.4 Å². The molecule has 0 atom stereocenters. The van der Waals surface area contributed by atoms with Crippen LogP contribution in [0.2, 0.25) is 0 Å². The van der Waals surface area contributed by atoms with Crippen molar-refractivity contribution in [3.63, 3.8) is 0 Å². The lowest BCUT2D eigenvalue weighted by molar-refractivity contribution is -0.134. The first-order chi connectivity index (χ1) is 10.1. The lowest BCUT2D eigenvalue weighted by Crippen LogP contribution is -2.50. The summed E-state index contributed by atoms with van der Waals surface area (Å²) in [6.45, 7) is 1.74. The summed E-state index contributed by atoms with van der Waals surface area (Å²) in [7, 11) is 0. The third-order valence-electron chi connectivity index (χ3n) is 3.02. The number of rotatable bonds is 3. The van der Waals surface area contributed by atoms with Gasteiger partial charge in [-0.25, -0.2) is 14.8 Å². The lowest BCUT2D eigenvalue weighted by Gasteiger charge is -2.34. The molecule has 9 heteroatoms. The van der Waals surface area contributed by atoms with Crippen LogP contribution in [-0.2, 0) is 9.53 Å². The highest BCUT2D eigenvalue weighted by molar-refractivity contribution is 5.80. The molecule has 2 amide bonds. The van der Waals surface area contributed by atoms with E-state index in [4.69, 9.17) is 11.0 Å². The summed E-state index contributed by atoms with van der Waals surface area (Å²) < 4.78 is 4.47. The van der Waals surface area contributed by atoms with Crippen molar-refractivity contribution in [1.82, 2.24) is 14.9 Å². The number of hydrogen-bond acceptors (Lipinski definition) is 7. The molecule has 110 valence electrons. The highest BCUT2D eigenvalue weighted by atomic mass is 16.5. The van der Waals surface area contributed by atoms with Crippen LogP contribution < -0.4 is 10.6 Å². The fraction of sp³-hybridized carbons (Fsp3) is 0.417. The minimum atomic E-state index is -0.965. The second-order valence-electron chi connectivity index (χ2n) is 4.36. The number of primary amides is 1. The zero-order valence-electron chi connectivity index (χ0n) is 11.2. The van der Waals surface area contributed by atoms with Crippen LogP contribution in [0.5, 0.6) is 0 Å². The van der Waals surface area contributed by atoms with Gasteiger partial charge >= 0.3 is 6.09 Å². The quantitative estimate of drug-likeness (QED) is 0.763. The number of amides is 2. The van der Waals surface area contributed by atoms with Crippen LogP contribution in [-0.4, -0.2) is 59.7 Å². The molecule has 2 heterocycles. The van der Waals surface area contributed by atoms with Gasteiger partial charge in [-0.05, 0) is 0 Å². The van der Waals surface area contributed by atoms with Crippen molar-refractivity contribution in [2.45, 2.75) is 0 Å². The molecule has 1 fully saturated rings. The van der Waals surface area contributed by atoms with E-state index in [2.05, 4.69) is 14.7 Å². The van der Waals surface area contributed by atoms with Crippen molar-refractivity contribution in [2.24, 2.45) is 5.73 Å². The molecule has 1 aliphatic rings. The molecular weight excluding hydrogens is 276 g/mol. The van der Waals surface area contributed by atoms with E-state index < -0.39 is 6.09 Å². The summed E-state index contributed by atoms with van der Waals surface area (Å²) in [5, 5.41) is 8.69. The van der Waals surface area contributed by atoms with Gasteiger partial charge in [-0.2, -0.15) is 5.26 Å². The van der Waals surface area contributed by atoms with E-state index in [1.54, 1.807) is 4.90 Å². The smallest absolute Gasteiger partial charge is 0.405 e. The van der Waals surface area contributed by atoms with Crippen LogP contribution in [0.1, 0.15) is 5.56 Å². The van der Waals surface area contributed by atoms with Crippen molar-refractivity contribution in [2.75, 3.05) is 37.7 Å². The number of nitrogens with two attached hydrogens (primary N) is 1. The normalized spacial score (nSPS) is 14.4. The molecule has 21 heavy (non-hydrogen) atoms. The predicted octanol–water partition coefficient (Wildman–Crippen LogP) is -0.908. The summed E-state index contributed by atoms with van der Waals surface area (Å²) in [4.78, 5) is 33.9. The summed E-state index contributed by atoms with van der Waals surface area (Å²) in [6.07, 6.45) is 1.95. The molecule has 2 rings (SSSR count). The van der Waals surface area contributed by atoms with Crippen molar-refractivity contribution >= 4 is 17.9 Å². The molecule has 1 saturated heterocycles. The van der Waals surface area contributed by atoms with Crippen LogP contribution in [0.3, 0.4) is 0 Å². The molecule has 0 saturated carbocycles. The molecule has 9 nitrogen and oxygen atoms in total. The zero-order valence-corrected chi connectivity index (χ0v) is 11.2. The predicted molar refractivity (Wildman–Crippen MR) is 71.1 cm³/mol. The van der Waals surface area contributed by atoms with Gasteiger partial charge < -0.3 is 20.3 Å².